The quantitative estimate of drug-likeness (QED) is 0.0215. The summed E-state index contributed by atoms with van der Waals surface area (Å²) in [6.45, 7) is 49.9. The predicted octanol–water partition coefficient (Wildman–Crippen LogP) is 23.6. The van der Waals surface area contributed by atoms with Gasteiger partial charge in [-0.2, -0.15) is 0 Å². The third-order valence-corrected chi connectivity index (χ3v) is 26.0. The molecule has 5 amide bonds. The molecule has 4 aliphatic rings. The third kappa shape index (κ3) is 56.0. The Bertz CT molecular complexity index is 4290. The maximum Gasteiger partial charge on any atom is 0.244 e. The van der Waals surface area contributed by atoms with Crippen LogP contribution in [0, 0.1) is 27.6 Å². The lowest BCUT2D eigenvalue weighted by molar-refractivity contribution is -0.128. The number of rotatable bonds is 70. The Morgan fingerprint density at radius 2 is 0.636 bits per heavy atom. The summed E-state index contributed by atoms with van der Waals surface area (Å²) in [6.07, 6.45) is 67.3. The molecule has 5 N–H and O–H groups in total. The Labute approximate surface area is 844 Å². The Kier molecular flexibility index (Phi) is 62.0. The van der Waals surface area contributed by atoms with Gasteiger partial charge in [-0.1, -0.05) is 228 Å². The van der Waals surface area contributed by atoms with Gasteiger partial charge in [0.2, 0.25) is 29.5 Å². The molecule has 21 heteroatoms. The fraction of sp³-hybridized carbons (Fsp3) is 0.597. The van der Waals surface area contributed by atoms with Gasteiger partial charge in [0.1, 0.15) is 5.78 Å². The van der Waals surface area contributed by atoms with E-state index < -0.39 is 12.0 Å². The summed E-state index contributed by atoms with van der Waals surface area (Å²) in [5, 5.41) is 14.7. The van der Waals surface area contributed by atoms with E-state index in [1.807, 2.05) is 94.5 Å². The molecule has 21 nitrogen and oxygen atoms in total. The van der Waals surface area contributed by atoms with E-state index in [1.165, 1.54) is 102 Å². The van der Waals surface area contributed by atoms with Crippen molar-refractivity contribution in [3.8, 4) is 0 Å². The minimum atomic E-state index is -0.711. The first-order valence-corrected chi connectivity index (χ1v) is 52.0. The summed E-state index contributed by atoms with van der Waals surface area (Å²) in [5.74, 6) is -1.81. The smallest absolute Gasteiger partial charge is 0.244 e. The van der Waals surface area contributed by atoms with Crippen molar-refractivity contribution < 1.29 is 76.3 Å². The zero-order valence-corrected chi connectivity index (χ0v) is 89.9. The molecule has 0 bridgehead atoms. The van der Waals surface area contributed by atoms with Crippen LogP contribution in [0.3, 0.4) is 0 Å². The van der Waals surface area contributed by atoms with Crippen LogP contribution in [0.15, 0.2) is 235 Å². The molecule has 0 aromatic carbocycles. The average Bonchev–Trinajstić information content (AvgIpc) is 0.833. The molecule has 2 atom stereocenters. The Morgan fingerprint density at radius 3 is 1.01 bits per heavy atom. The van der Waals surface area contributed by atoms with Crippen molar-refractivity contribution in [2.24, 2.45) is 27.6 Å². The molecule has 0 fully saturated rings. The van der Waals surface area contributed by atoms with Crippen LogP contribution in [0.4, 0.5) is 0 Å². The number of ether oxygens (including phenoxy) is 8. The van der Waals surface area contributed by atoms with Gasteiger partial charge in [-0.15, -0.1) is 0 Å². The van der Waals surface area contributed by atoms with Crippen LogP contribution in [0.5, 0.6) is 0 Å². The molecule has 0 radical (unpaired) electrons. The van der Waals surface area contributed by atoms with E-state index in [4.69, 9.17) is 37.9 Å². The van der Waals surface area contributed by atoms with E-state index in [9.17, 15) is 38.4 Å². The molecule has 0 spiro atoms. The van der Waals surface area contributed by atoms with Crippen molar-refractivity contribution in [3.63, 3.8) is 0 Å². The largest absolute Gasteiger partial charge is 0.379 e. The highest BCUT2D eigenvalue weighted by molar-refractivity contribution is 5.95. The highest BCUT2D eigenvalue weighted by atomic mass is 16.6. The van der Waals surface area contributed by atoms with Crippen molar-refractivity contribution in [3.05, 3.63) is 235 Å². The van der Waals surface area contributed by atoms with E-state index >= 15 is 0 Å². The molecule has 0 saturated carbocycles. The highest BCUT2D eigenvalue weighted by Gasteiger charge is 2.31. The van der Waals surface area contributed by atoms with Crippen LogP contribution in [-0.2, 0) is 76.3 Å². The zero-order valence-electron chi connectivity index (χ0n) is 89.9. The van der Waals surface area contributed by atoms with Gasteiger partial charge in [0, 0.05) is 95.6 Å². The number of unbranched alkanes of at least 4 members (excludes halogenated alkanes) is 2. The predicted molar refractivity (Wildman–Crippen MR) is 574 cm³/mol. The maximum atomic E-state index is 13.7. The molecular formula is C119H181N5O16. The molecule has 0 aromatic heterocycles. The second-order valence-corrected chi connectivity index (χ2v) is 40.9. The number of Topliss-reactive ketones (excluding diaryl/α,β-unsaturated/α-hetero) is 2. The maximum absolute atomic E-state index is 13.7. The lowest BCUT2D eigenvalue weighted by Crippen LogP contribution is -2.40. The first-order chi connectivity index (χ1) is 66.8. The lowest BCUT2D eigenvalue weighted by atomic mass is 9.72. The standard InChI is InChI=1S/C119H181N5O16/c1-90(51-55-105-98(9)43-29-61-116(105,13)14)35-25-39-94(5)85-104(126)89-102(47-21-23-65-120-112(129)86-95(6)40-26-36-91(2)52-56-106-99(10)44-30-62-117(106,15)16)115(132)123-68-74-138-80-75-133-69-33-48-103(125)59-71-135-77-81-139-83-84-140-82-78-136-72-60-111(128)122-67-73-137-79-76-134-70-34-50-110(127)109(124-114(131)88-97(8)42-28-38-93(4)54-58-108-101(12)46-32-64-119(108,19)20)49-22-24-66-121-113(130)87-96(7)41-27-37-92(3)53-57-107-100(11)45-31-63-118(107,17)18/h25-28,35-42,51-58,85-88,102,109H,21-24,29-34,43-50,59-84,89H2,1-20H3,(H,120,129)(H,121,130)(H,122,128)(H,123,132)(H,124,131)/b39-25+,40-26+,41-27+,42-28+,55-51+,56-52+,57-53+,58-54+,90-35+,91-36+,92-37+,93-38+,94-85+,95-86+,96-87+,97-88+/t102-,109+/m0/s1. The normalized spacial score (nSPS) is 17.8. The van der Waals surface area contributed by atoms with E-state index in [0.717, 1.165) is 70.3 Å². The topological polar surface area (TPSA) is 271 Å². The van der Waals surface area contributed by atoms with Crippen molar-refractivity contribution in [2.45, 2.75) is 305 Å². The van der Waals surface area contributed by atoms with Crippen LogP contribution < -0.4 is 26.6 Å². The number of amides is 5. The van der Waals surface area contributed by atoms with E-state index in [-0.39, 0.29) is 108 Å². The molecule has 0 saturated heterocycles. The second kappa shape index (κ2) is 70.5. The van der Waals surface area contributed by atoms with Gasteiger partial charge in [0.15, 0.2) is 11.6 Å². The summed E-state index contributed by atoms with van der Waals surface area (Å²) >= 11 is 0. The van der Waals surface area contributed by atoms with Gasteiger partial charge in [-0.25, -0.2) is 0 Å². The van der Waals surface area contributed by atoms with Gasteiger partial charge < -0.3 is 64.5 Å². The summed E-state index contributed by atoms with van der Waals surface area (Å²) in [6, 6.07) is -0.711. The van der Waals surface area contributed by atoms with Crippen molar-refractivity contribution >= 4 is 46.9 Å². The third-order valence-electron chi connectivity index (χ3n) is 26.0. The number of hydrogen-bond acceptors (Lipinski definition) is 16. The SMILES string of the molecule is CC1=C(/C=C/C(C)=C/C=C/C(C)=C/C(=O)C[C@H](CCCCNC(=O)/C=C(C)/C=C/C=C(C)/C=C/C2=C(C)CCCC2(C)C)C(=O)NCCOCCOCCCC(=O)CCOCCOCCOCCOCCC(=O)NCCOCCOCCCC(=O)[C@@H](CCCCNC(=O)/C=C(C)/C=C/C=C(C)/C=C/C2=C(C)CCCC2(C)C)NC(=O)/C=C(C)/C=C/C=C(C)/C=C/C2=C(C)CCCC2(C)C)C(C)(C)CCC1. The van der Waals surface area contributed by atoms with E-state index in [2.05, 4.69) is 192 Å². The zero-order chi connectivity index (χ0) is 103. The number of carbonyl (C=O) groups is 8. The van der Waals surface area contributed by atoms with Crippen LogP contribution in [0.2, 0.25) is 0 Å². The molecule has 0 aromatic rings. The van der Waals surface area contributed by atoms with Crippen molar-refractivity contribution in [2.75, 3.05) is 132 Å². The van der Waals surface area contributed by atoms with Crippen LogP contribution in [0.1, 0.15) is 299 Å². The lowest BCUT2D eigenvalue weighted by Gasteiger charge is -2.33. The van der Waals surface area contributed by atoms with Crippen LogP contribution in [0.25, 0.3) is 0 Å². The van der Waals surface area contributed by atoms with Crippen LogP contribution >= 0.6 is 0 Å². The number of allylic oxidation sites excluding steroid dienone is 37. The van der Waals surface area contributed by atoms with Gasteiger partial charge in [0.05, 0.1) is 98.5 Å². The first kappa shape index (κ1) is 123. The average molecular weight is 1940 g/mol. The molecule has 0 unspecified atom stereocenters. The minimum Gasteiger partial charge on any atom is -0.379 e. The number of ketones is 3. The molecule has 140 heavy (non-hydrogen) atoms. The van der Waals surface area contributed by atoms with E-state index in [1.54, 1.807) is 18.2 Å². The first-order valence-electron chi connectivity index (χ1n) is 52.0. The fourth-order valence-electron chi connectivity index (χ4n) is 17.8. The number of carbonyl (C=O) groups excluding carboxylic acids is 8. The Balaban J connectivity index is 1.03. The van der Waals surface area contributed by atoms with Crippen molar-refractivity contribution in [1.29, 1.82) is 0 Å². The molecule has 778 valence electrons. The highest BCUT2D eigenvalue weighted by Crippen LogP contribution is 2.44. The Morgan fingerprint density at radius 1 is 0.314 bits per heavy atom. The monoisotopic (exact) mass is 1940 g/mol. The van der Waals surface area contributed by atoms with Crippen molar-refractivity contribution in [1.82, 2.24) is 26.6 Å². The summed E-state index contributed by atoms with van der Waals surface area (Å²) < 4.78 is 45.3. The summed E-state index contributed by atoms with van der Waals surface area (Å²) in [7, 11) is 0. The minimum absolute atomic E-state index is 0.0494. The molecule has 0 aliphatic heterocycles. The summed E-state index contributed by atoms with van der Waals surface area (Å²) in [4.78, 5) is 105. The van der Waals surface area contributed by atoms with Gasteiger partial charge in [-0.3, -0.25) is 38.4 Å². The molecular weight excluding hydrogens is 1760 g/mol. The molecule has 4 aliphatic carbocycles. The van der Waals surface area contributed by atoms with Gasteiger partial charge in [0.25, 0.3) is 0 Å². The fourth-order valence-corrected chi connectivity index (χ4v) is 17.8. The summed E-state index contributed by atoms with van der Waals surface area (Å²) in [5.41, 5.74) is 19.8. The molecule has 0 heterocycles. The molecule has 4 rings (SSSR count). The van der Waals surface area contributed by atoms with Gasteiger partial charge >= 0.3 is 0 Å². The second-order valence-electron chi connectivity index (χ2n) is 40.9. The van der Waals surface area contributed by atoms with Gasteiger partial charge in [-0.05, 0) is 277 Å². The van der Waals surface area contributed by atoms with Crippen LogP contribution in [-0.4, -0.2) is 185 Å². The number of nitrogens with one attached hydrogen (secondary N) is 5. The Hall–Kier alpha value is -9.16. The number of hydrogen-bond donors (Lipinski definition) is 5. The van der Waals surface area contributed by atoms with E-state index in [0.29, 0.717) is 176 Å².